The molecule has 1 saturated heterocycles. The SMILES string of the molecule is Cc1sc2ncnc(N3CC[NH+](Cc4ccncc4)CC3)c2c1C. The second kappa shape index (κ2) is 6.45. The van der Waals surface area contributed by atoms with E-state index in [1.807, 2.05) is 12.4 Å². The number of aromatic nitrogens is 3. The molecule has 0 radical (unpaired) electrons. The summed E-state index contributed by atoms with van der Waals surface area (Å²) >= 11 is 1.77. The molecule has 0 atom stereocenters. The molecule has 24 heavy (non-hydrogen) atoms. The zero-order chi connectivity index (χ0) is 16.5. The third kappa shape index (κ3) is 2.87. The normalized spacial score (nSPS) is 16.0. The van der Waals surface area contributed by atoms with Crippen molar-refractivity contribution in [1.82, 2.24) is 15.0 Å². The van der Waals surface area contributed by atoms with Crippen molar-refractivity contribution < 1.29 is 4.90 Å². The second-order valence-electron chi connectivity index (χ2n) is 6.43. The number of hydrogen-bond donors (Lipinski definition) is 1. The van der Waals surface area contributed by atoms with E-state index in [0.717, 1.165) is 43.4 Å². The molecule has 0 aromatic carbocycles. The van der Waals surface area contributed by atoms with Gasteiger partial charge in [-0.3, -0.25) is 4.98 Å². The van der Waals surface area contributed by atoms with E-state index >= 15 is 0 Å². The molecule has 1 fully saturated rings. The van der Waals surface area contributed by atoms with E-state index < -0.39 is 0 Å². The van der Waals surface area contributed by atoms with Gasteiger partial charge < -0.3 is 9.80 Å². The van der Waals surface area contributed by atoms with Crippen LogP contribution in [0.5, 0.6) is 0 Å². The van der Waals surface area contributed by atoms with Crippen LogP contribution < -0.4 is 9.80 Å². The van der Waals surface area contributed by atoms with E-state index in [1.54, 1.807) is 22.6 Å². The number of piperazine rings is 1. The molecular weight excluding hydrogens is 318 g/mol. The number of nitrogens with one attached hydrogen (secondary N) is 1. The first-order valence-electron chi connectivity index (χ1n) is 8.40. The predicted molar refractivity (Wildman–Crippen MR) is 97.7 cm³/mol. The highest BCUT2D eigenvalue weighted by Gasteiger charge is 2.24. The van der Waals surface area contributed by atoms with E-state index in [4.69, 9.17) is 0 Å². The smallest absolute Gasteiger partial charge is 0.141 e. The lowest BCUT2D eigenvalue weighted by atomic mass is 10.2. The van der Waals surface area contributed by atoms with E-state index in [0.29, 0.717) is 0 Å². The largest absolute Gasteiger partial charge is 0.345 e. The van der Waals surface area contributed by atoms with Gasteiger partial charge in [-0.1, -0.05) is 0 Å². The Morgan fingerprint density at radius 2 is 1.88 bits per heavy atom. The zero-order valence-electron chi connectivity index (χ0n) is 14.1. The maximum Gasteiger partial charge on any atom is 0.141 e. The highest BCUT2D eigenvalue weighted by molar-refractivity contribution is 7.18. The van der Waals surface area contributed by atoms with Crippen LogP contribution in [0, 0.1) is 13.8 Å². The molecule has 124 valence electrons. The molecular formula is C18H22N5S+. The van der Waals surface area contributed by atoms with Gasteiger partial charge in [-0.05, 0) is 31.5 Å². The first-order valence-corrected chi connectivity index (χ1v) is 9.22. The second-order valence-corrected chi connectivity index (χ2v) is 7.63. The van der Waals surface area contributed by atoms with Gasteiger partial charge in [-0.25, -0.2) is 9.97 Å². The predicted octanol–water partition coefficient (Wildman–Crippen LogP) is 1.61. The van der Waals surface area contributed by atoms with Crippen molar-refractivity contribution in [3.05, 3.63) is 46.9 Å². The maximum absolute atomic E-state index is 4.62. The van der Waals surface area contributed by atoms with Gasteiger partial charge in [0.15, 0.2) is 0 Å². The van der Waals surface area contributed by atoms with Gasteiger partial charge in [0.2, 0.25) is 0 Å². The lowest BCUT2D eigenvalue weighted by Crippen LogP contribution is -3.13. The Hall–Kier alpha value is -2.05. The molecule has 0 spiro atoms. The molecule has 1 aliphatic heterocycles. The Balaban J connectivity index is 1.50. The summed E-state index contributed by atoms with van der Waals surface area (Å²) in [4.78, 5) is 19.7. The average Bonchev–Trinajstić information content (AvgIpc) is 2.91. The van der Waals surface area contributed by atoms with Crippen LogP contribution in [0.25, 0.3) is 10.2 Å². The molecule has 3 aromatic heterocycles. The zero-order valence-corrected chi connectivity index (χ0v) is 14.9. The fraction of sp³-hybridized carbons (Fsp3) is 0.389. The van der Waals surface area contributed by atoms with Gasteiger partial charge in [-0.2, -0.15) is 0 Å². The molecule has 3 aromatic rings. The third-order valence-corrected chi connectivity index (χ3v) is 6.03. The van der Waals surface area contributed by atoms with Crippen molar-refractivity contribution in [3.63, 3.8) is 0 Å². The molecule has 0 amide bonds. The Morgan fingerprint density at radius 3 is 2.62 bits per heavy atom. The van der Waals surface area contributed by atoms with E-state index in [-0.39, 0.29) is 0 Å². The lowest BCUT2D eigenvalue weighted by Gasteiger charge is -2.33. The van der Waals surface area contributed by atoms with Crippen LogP contribution in [-0.4, -0.2) is 41.1 Å². The first kappa shape index (κ1) is 15.5. The van der Waals surface area contributed by atoms with Gasteiger partial charge in [0, 0.05) is 22.8 Å². The lowest BCUT2D eigenvalue weighted by molar-refractivity contribution is -0.914. The van der Waals surface area contributed by atoms with Crippen molar-refractivity contribution in [1.29, 1.82) is 0 Å². The quantitative estimate of drug-likeness (QED) is 0.787. The number of aryl methyl sites for hydroxylation is 2. The minimum atomic E-state index is 1.04. The molecule has 0 aliphatic carbocycles. The molecule has 0 unspecified atom stereocenters. The monoisotopic (exact) mass is 340 g/mol. The Morgan fingerprint density at radius 1 is 1.12 bits per heavy atom. The summed E-state index contributed by atoms with van der Waals surface area (Å²) in [5, 5.41) is 1.25. The summed E-state index contributed by atoms with van der Waals surface area (Å²) in [6.45, 7) is 9.79. The standard InChI is InChI=1S/C18H21N5S/c1-13-14(2)24-18-16(13)17(20-12-21-18)23-9-7-22(8-10-23)11-15-3-5-19-6-4-15/h3-6,12H,7-11H2,1-2H3/p+1. The molecule has 4 rings (SSSR count). The number of quaternary nitrogens is 1. The summed E-state index contributed by atoms with van der Waals surface area (Å²) in [5.41, 5.74) is 2.69. The van der Waals surface area contributed by atoms with Gasteiger partial charge in [0.25, 0.3) is 0 Å². The summed E-state index contributed by atoms with van der Waals surface area (Å²) in [5.74, 6) is 1.12. The summed E-state index contributed by atoms with van der Waals surface area (Å²) < 4.78 is 0. The van der Waals surface area contributed by atoms with Crippen LogP contribution in [0.1, 0.15) is 16.0 Å². The minimum Gasteiger partial charge on any atom is -0.345 e. The molecule has 0 bridgehead atoms. The average molecular weight is 340 g/mol. The molecule has 4 heterocycles. The van der Waals surface area contributed by atoms with E-state index in [2.05, 4.69) is 45.8 Å². The molecule has 1 aliphatic rings. The molecule has 0 saturated carbocycles. The number of rotatable bonds is 3. The third-order valence-electron chi connectivity index (χ3n) is 4.92. The Labute approximate surface area is 146 Å². The highest BCUT2D eigenvalue weighted by Crippen LogP contribution is 2.34. The van der Waals surface area contributed by atoms with Crippen molar-refractivity contribution in [2.24, 2.45) is 0 Å². The van der Waals surface area contributed by atoms with Crippen LogP contribution in [0.3, 0.4) is 0 Å². The number of pyridine rings is 1. The number of fused-ring (bicyclic) bond motifs is 1. The van der Waals surface area contributed by atoms with Gasteiger partial charge in [-0.15, -0.1) is 11.3 Å². The Kier molecular flexibility index (Phi) is 4.16. The fourth-order valence-corrected chi connectivity index (χ4v) is 4.40. The van der Waals surface area contributed by atoms with Crippen LogP contribution in [0.15, 0.2) is 30.9 Å². The number of hydrogen-bond acceptors (Lipinski definition) is 5. The van der Waals surface area contributed by atoms with Gasteiger partial charge >= 0.3 is 0 Å². The summed E-state index contributed by atoms with van der Waals surface area (Å²) in [6.07, 6.45) is 5.47. The van der Waals surface area contributed by atoms with E-state index in [1.165, 1.54) is 21.4 Å². The minimum absolute atomic E-state index is 1.04. The van der Waals surface area contributed by atoms with Crippen LogP contribution in [0.4, 0.5) is 5.82 Å². The molecule has 5 nitrogen and oxygen atoms in total. The van der Waals surface area contributed by atoms with Crippen molar-refractivity contribution in [2.45, 2.75) is 20.4 Å². The van der Waals surface area contributed by atoms with Crippen LogP contribution in [0.2, 0.25) is 0 Å². The van der Waals surface area contributed by atoms with Crippen molar-refractivity contribution in [3.8, 4) is 0 Å². The number of thiophene rings is 1. The Bertz CT molecular complexity index is 837. The van der Waals surface area contributed by atoms with E-state index in [9.17, 15) is 0 Å². The molecule has 6 heteroatoms. The topological polar surface area (TPSA) is 46.4 Å². The van der Waals surface area contributed by atoms with Crippen molar-refractivity contribution >= 4 is 27.4 Å². The van der Waals surface area contributed by atoms with Crippen molar-refractivity contribution in [2.75, 3.05) is 31.1 Å². The van der Waals surface area contributed by atoms with Gasteiger partial charge in [0.1, 0.15) is 23.5 Å². The summed E-state index contributed by atoms with van der Waals surface area (Å²) in [6, 6.07) is 4.23. The number of nitrogens with zero attached hydrogens (tertiary/aromatic N) is 4. The van der Waals surface area contributed by atoms with Crippen LogP contribution in [-0.2, 0) is 6.54 Å². The first-order chi connectivity index (χ1) is 11.7. The summed E-state index contributed by atoms with van der Waals surface area (Å²) in [7, 11) is 0. The maximum atomic E-state index is 4.62. The molecule has 1 N–H and O–H groups in total. The van der Waals surface area contributed by atoms with Crippen LogP contribution >= 0.6 is 11.3 Å². The van der Waals surface area contributed by atoms with Gasteiger partial charge in [0.05, 0.1) is 31.6 Å². The number of anilines is 1. The highest BCUT2D eigenvalue weighted by atomic mass is 32.1. The fourth-order valence-electron chi connectivity index (χ4n) is 3.40.